The number of ether oxygens (including phenoxy) is 1. The van der Waals surface area contributed by atoms with E-state index in [-0.39, 0.29) is 5.60 Å². The van der Waals surface area contributed by atoms with Gasteiger partial charge in [0.05, 0.1) is 5.60 Å². The molecule has 0 radical (unpaired) electrons. The summed E-state index contributed by atoms with van der Waals surface area (Å²) in [6.07, 6.45) is 6.39. The van der Waals surface area contributed by atoms with E-state index in [0.717, 1.165) is 12.5 Å². The van der Waals surface area contributed by atoms with E-state index in [0.29, 0.717) is 0 Å². The Morgan fingerprint density at radius 1 is 1.28 bits per heavy atom. The summed E-state index contributed by atoms with van der Waals surface area (Å²) in [4.78, 5) is 0. The molecule has 1 saturated heterocycles. The third-order valence-corrected chi connectivity index (χ3v) is 4.98. The van der Waals surface area contributed by atoms with Gasteiger partial charge in [-0.3, -0.25) is 0 Å². The minimum Gasteiger partial charge on any atom is -0.370 e. The highest BCUT2D eigenvalue weighted by Crippen LogP contribution is 2.56. The van der Waals surface area contributed by atoms with Crippen molar-refractivity contribution in [2.75, 3.05) is 6.61 Å². The summed E-state index contributed by atoms with van der Waals surface area (Å²) in [5.41, 5.74) is 6.45. The van der Waals surface area contributed by atoms with Gasteiger partial charge in [0, 0.05) is 6.61 Å². The fraction of sp³-hybridized carbons (Fsp3) is 0.647. The van der Waals surface area contributed by atoms with Crippen LogP contribution in [0.4, 0.5) is 0 Å². The van der Waals surface area contributed by atoms with Crippen molar-refractivity contribution in [2.45, 2.75) is 58.5 Å². The van der Waals surface area contributed by atoms with Crippen LogP contribution >= 0.6 is 0 Å². The zero-order valence-electron chi connectivity index (χ0n) is 11.9. The van der Waals surface area contributed by atoms with Gasteiger partial charge in [-0.15, -0.1) is 0 Å². The summed E-state index contributed by atoms with van der Waals surface area (Å²) in [6, 6.07) is 4.66. The van der Waals surface area contributed by atoms with Crippen molar-refractivity contribution < 1.29 is 4.74 Å². The molecule has 0 saturated carbocycles. The van der Waals surface area contributed by atoms with Gasteiger partial charge in [-0.25, -0.2) is 0 Å². The smallest absolute Gasteiger partial charge is 0.0968 e. The van der Waals surface area contributed by atoms with Gasteiger partial charge >= 0.3 is 0 Å². The predicted molar refractivity (Wildman–Crippen MR) is 74.9 cm³/mol. The number of hydrogen-bond acceptors (Lipinski definition) is 1. The monoisotopic (exact) mass is 244 g/mol. The van der Waals surface area contributed by atoms with E-state index in [2.05, 4.69) is 19.1 Å². The highest BCUT2D eigenvalue weighted by atomic mass is 16.5. The number of rotatable bonds is 0. The fourth-order valence-electron chi connectivity index (χ4n) is 4.29. The lowest BCUT2D eigenvalue weighted by atomic mass is 9.75. The van der Waals surface area contributed by atoms with Crippen molar-refractivity contribution >= 4 is 0 Å². The number of aryl methyl sites for hydroxylation is 1. The van der Waals surface area contributed by atoms with Crippen molar-refractivity contribution in [2.24, 2.45) is 5.92 Å². The molecule has 1 aliphatic heterocycles. The van der Waals surface area contributed by atoms with Gasteiger partial charge in [-0.05, 0) is 67.2 Å². The molecule has 2 atom stereocenters. The van der Waals surface area contributed by atoms with Crippen molar-refractivity contribution in [1.82, 2.24) is 0 Å². The molecule has 0 amide bonds. The van der Waals surface area contributed by atoms with Crippen molar-refractivity contribution in [3.8, 4) is 0 Å². The van der Waals surface area contributed by atoms with Crippen molar-refractivity contribution in [1.29, 1.82) is 0 Å². The topological polar surface area (TPSA) is 9.23 Å². The Morgan fingerprint density at radius 3 is 2.94 bits per heavy atom. The molecule has 1 aromatic carbocycles. The average molecular weight is 244 g/mol. The third-order valence-electron chi connectivity index (χ3n) is 4.98. The van der Waals surface area contributed by atoms with Crippen LogP contribution in [0.15, 0.2) is 12.1 Å². The molecule has 0 aromatic heterocycles. The van der Waals surface area contributed by atoms with Crippen LogP contribution in [0.3, 0.4) is 0 Å². The molecule has 1 heteroatoms. The molecule has 0 N–H and O–H groups in total. The van der Waals surface area contributed by atoms with Crippen LogP contribution in [0.25, 0.3) is 0 Å². The maximum absolute atomic E-state index is 6.23. The number of benzene rings is 1. The highest BCUT2D eigenvalue weighted by molar-refractivity contribution is 5.50. The molecule has 1 fully saturated rings. The molecule has 2 aliphatic carbocycles. The largest absolute Gasteiger partial charge is 0.370 e. The molecule has 0 bridgehead atoms. The average Bonchev–Trinajstić information content (AvgIpc) is 2.91. The Labute approximate surface area is 111 Å². The first-order valence-electron chi connectivity index (χ1n) is 7.57. The van der Waals surface area contributed by atoms with E-state index in [1.807, 2.05) is 13.8 Å². The van der Waals surface area contributed by atoms with E-state index in [9.17, 15) is 0 Å². The number of hydrogen-bond donors (Lipinski definition) is 0. The lowest BCUT2D eigenvalue weighted by molar-refractivity contribution is -0.0313. The van der Waals surface area contributed by atoms with E-state index in [4.69, 9.17) is 4.74 Å². The summed E-state index contributed by atoms with van der Waals surface area (Å²) in [5.74, 6) is 0.781. The van der Waals surface area contributed by atoms with Crippen LogP contribution < -0.4 is 0 Å². The summed E-state index contributed by atoms with van der Waals surface area (Å²) in [6.45, 7) is 7.24. The maximum Gasteiger partial charge on any atom is 0.0968 e. The Hall–Kier alpha value is -0.820. The second-order valence-corrected chi connectivity index (χ2v) is 5.68. The van der Waals surface area contributed by atoms with Crippen molar-refractivity contribution in [3.63, 3.8) is 0 Å². The lowest BCUT2D eigenvalue weighted by Gasteiger charge is -2.36. The van der Waals surface area contributed by atoms with Gasteiger partial charge in [0.2, 0.25) is 0 Å². The standard InChI is InChI=1S/C15H18O.C2H6/c1-10-4-5-11-9-12-6-8-16-15(12)7-2-3-13(10)14(11)15;1-2/h4-5,12H,2-3,6-9H2,1H3;1-2H3. The summed E-state index contributed by atoms with van der Waals surface area (Å²) in [7, 11) is 0. The Balaban J connectivity index is 0.000000478. The first-order valence-corrected chi connectivity index (χ1v) is 7.57. The van der Waals surface area contributed by atoms with Crippen LogP contribution in [-0.2, 0) is 23.2 Å². The highest BCUT2D eigenvalue weighted by Gasteiger charge is 2.53. The molecule has 1 aromatic rings. The molecule has 3 aliphatic rings. The fourth-order valence-corrected chi connectivity index (χ4v) is 4.29. The van der Waals surface area contributed by atoms with Gasteiger partial charge in [-0.1, -0.05) is 26.0 Å². The SMILES string of the molecule is CC.Cc1ccc2c3c1CCCC31OCCC1C2. The predicted octanol–water partition coefficient (Wildman–Crippen LogP) is 4.15. The Kier molecular flexibility index (Phi) is 2.97. The zero-order chi connectivity index (χ0) is 12.8. The summed E-state index contributed by atoms with van der Waals surface area (Å²) in [5, 5.41) is 0. The second-order valence-electron chi connectivity index (χ2n) is 5.68. The second kappa shape index (κ2) is 4.38. The van der Waals surface area contributed by atoms with Gasteiger partial charge in [-0.2, -0.15) is 0 Å². The Morgan fingerprint density at radius 2 is 2.11 bits per heavy atom. The molecule has 2 unspecified atom stereocenters. The van der Waals surface area contributed by atoms with E-state index >= 15 is 0 Å². The van der Waals surface area contributed by atoms with E-state index in [1.54, 1.807) is 16.7 Å². The van der Waals surface area contributed by atoms with E-state index < -0.39 is 0 Å². The summed E-state index contributed by atoms with van der Waals surface area (Å²) >= 11 is 0. The molecule has 1 spiro atoms. The lowest BCUT2D eigenvalue weighted by Crippen LogP contribution is -2.33. The molecule has 1 heterocycles. The van der Waals surface area contributed by atoms with Crippen LogP contribution in [0.1, 0.15) is 55.4 Å². The van der Waals surface area contributed by atoms with Crippen LogP contribution in [0.5, 0.6) is 0 Å². The minimum absolute atomic E-state index is 0.148. The first-order chi connectivity index (χ1) is 8.81. The van der Waals surface area contributed by atoms with E-state index in [1.165, 1.54) is 37.7 Å². The van der Waals surface area contributed by atoms with Crippen molar-refractivity contribution in [3.05, 3.63) is 34.4 Å². The van der Waals surface area contributed by atoms with Crippen LogP contribution in [-0.4, -0.2) is 6.61 Å². The normalized spacial score (nSPS) is 31.4. The van der Waals surface area contributed by atoms with Gasteiger partial charge in [0.25, 0.3) is 0 Å². The van der Waals surface area contributed by atoms with Gasteiger partial charge in [0.15, 0.2) is 0 Å². The van der Waals surface area contributed by atoms with Crippen LogP contribution in [0, 0.1) is 12.8 Å². The Bertz CT molecular complexity index is 463. The van der Waals surface area contributed by atoms with Crippen LogP contribution in [0.2, 0.25) is 0 Å². The molecular formula is C17H24O. The quantitative estimate of drug-likeness (QED) is 0.666. The molecule has 4 rings (SSSR count). The third kappa shape index (κ3) is 1.43. The molecule has 18 heavy (non-hydrogen) atoms. The zero-order valence-corrected chi connectivity index (χ0v) is 11.9. The van der Waals surface area contributed by atoms with Gasteiger partial charge in [0.1, 0.15) is 0 Å². The molecule has 1 nitrogen and oxygen atoms in total. The maximum atomic E-state index is 6.23. The molecular weight excluding hydrogens is 220 g/mol. The first kappa shape index (κ1) is 12.2. The van der Waals surface area contributed by atoms with Gasteiger partial charge < -0.3 is 4.74 Å². The minimum atomic E-state index is 0.148. The summed E-state index contributed by atoms with van der Waals surface area (Å²) < 4.78 is 6.23. The molecule has 98 valence electrons.